The number of nitrogens with two attached hydrogens (primary N) is 1. The van der Waals surface area contributed by atoms with E-state index in [2.05, 4.69) is 11.8 Å². The highest BCUT2D eigenvalue weighted by Crippen LogP contribution is 2.23. The fourth-order valence-electron chi connectivity index (χ4n) is 2.39. The maximum atomic E-state index is 5.90. The quantitative estimate of drug-likeness (QED) is 0.677. The van der Waals surface area contributed by atoms with Gasteiger partial charge in [-0.3, -0.25) is 4.90 Å². The summed E-state index contributed by atoms with van der Waals surface area (Å²) < 4.78 is 5.39. The molecule has 2 rings (SSSR count). The average Bonchev–Trinajstić information content (AvgIpc) is 2.75. The number of nitrogens with zero attached hydrogens (tertiary/aromatic N) is 1. The zero-order valence-corrected chi connectivity index (χ0v) is 8.41. The van der Waals surface area contributed by atoms with E-state index in [1.807, 2.05) is 0 Å². The summed E-state index contributed by atoms with van der Waals surface area (Å²) in [5.41, 5.74) is 5.90. The molecule has 13 heavy (non-hydrogen) atoms. The molecule has 2 aliphatic rings. The van der Waals surface area contributed by atoms with Gasteiger partial charge in [0.2, 0.25) is 0 Å². The molecule has 2 N–H and O–H groups in total. The van der Waals surface area contributed by atoms with Gasteiger partial charge in [0.15, 0.2) is 0 Å². The van der Waals surface area contributed by atoms with Crippen molar-refractivity contribution in [1.29, 1.82) is 0 Å². The van der Waals surface area contributed by atoms with E-state index in [0.29, 0.717) is 18.0 Å². The Morgan fingerprint density at radius 3 is 2.85 bits per heavy atom. The molecule has 76 valence electrons. The summed E-state index contributed by atoms with van der Waals surface area (Å²) in [6, 6.07) is 1.04. The van der Waals surface area contributed by atoms with Crippen molar-refractivity contribution in [3.05, 3.63) is 0 Å². The van der Waals surface area contributed by atoms with E-state index in [1.54, 1.807) is 0 Å². The smallest absolute Gasteiger partial charge is 0.0622 e. The van der Waals surface area contributed by atoms with Crippen LogP contribution in [-0.4, -0.2) is 43.3 Å². The summed E-state index contributed by atoms with van der Waals surface area (Å²) in [4.78, 5) is 2.56. The third-order valence-electron chi connectivity index (χ3n) is 3.42. The molecule has 0 spiro atoms. The van der Waals surface area contributed by atoms with Crippen LogP contribution in [0.4, 0.5) is 0 Å². The predicted octanol–water partition coefficient (Wildman–Crippen LogP) is 0.444. The Balaban J connectivity index is 1.83. The highest BCUT2D eigenvalue weighted by Gasteiger charge is 2.31. The first-order valence-electron chi connectivity index (χ1n) is 5.35. The molecular formula is C10H20N2O. The van der Waals surface area contributed by atoms with Crippen molar-refractivity contribution in [1.82, 2.24) is 4.90 Å². The number of hydrogen-bond donors (Lipinski definition) is 1. The van der Waals surface area contributed by atoms with Crippen molar-refractivity contribution in [3.8, 4) is 0 Å². The summed E-state index contributed by atoms with van der Waals surface area (Å²) in [6.45, 7) is 6.42. The fraction of sp³-hybridized carbons (Fsp3) is 1.00. The van der Waals surface area contributed by atoms with Gasteiger partial charge in [-0.1, -0.05) is 0 Å². The first-order chi connectivity index (χ1) is 6.27. The topological polar surface area (TPSA) is 38.5 Å². The Kier molecular flexibility index (Phi) is 2.86. The van der Waals surface area contributed by atoms with Gasteiger partial charge in [-0.25, -0.2) is 0 Å². The molecule has 0 radical (unpaired) electrons. The number of ether oxygens (including phenoxy) is 1. The molecule has 0 aromatic rings. The number of rotatable bonds is 2. The number of hydrogen-bond acceptors (Lipinski definition) is 3. The lowest BCUT2D eigenvalue weighted by molar-refractivity contribution is 0.156. The standard InChI is InChI=1S/C10H20N2O/c1-8(11)9-2-4-12(6-9)10-3-5-13-7-10/h8-10H,2-7,11H2,1H3. The van der Waals surface area contributed by atoms with Gasteiger partial charge in [0.1, 0.15) is 0 Å². The zero-order chi connectivity index (χ0) is 9.26. The minimum Gasteiger partial charge on any atom is -0.380 e. The third-order valence-corrected chi connectivity index (χ3v) is 3.42. The molecule has 3 unspecified atom stereocenters. The molecule has 3 atom stereocenters. The minimum absolute atomic E-state index is 0.354. The second kappa shape index (κ2) is 3.95. The van der Waals surface area contributed by atoms with Crippen LogP contribution in [0, 0.1) is 5.92 Å². The predicted molar refractivity (Wildman–Crippen MR) is 52.6 cm³/mol. The van der Waals surface area contributed by atoms with Gasteiger partial charge < -0.3 is 10.5 Å². The lowest BCUT2D eigenvalue weighted by Gasteiger charge is -2.22. The van der Waals surface area contributed by atoms with Gasteiger partial charge in [0.25, 0.3) is 0 Å². The molecule has 0 aromatic heterocycles. The molecule has 2 aliphatic heterocycles. The summed E-state index contributed by atoms with van der Waals surface area (Å²) in [5, 5.41) is 0. The second-order valence-corrected chi connectivity index (χ2v) is 4.42. The Bertz CT molecular complexity index is 166. The van der Waals surface area contributed by atoms with Crippen molar-refractivity contribution in [2.24, 2.45) is 11.7 Å². The minimum atomic E-state index is 0.354. The largest absolute Gasteiger partial charge is 0.380 e. The van der Waals surface area contributed by atoms with E-state index >= 15 is 0 Å². The molecular weight excluding hydrogens is 164 g/mol. The molecule has 3 heteroatoms. The number of likely N-dealkylation sites (tertiary alicyclic amines) is 1. The van der Waals surface area contributed by atoms with Crippen LogP contribution in [0.25, 0.3) is 0 Å². The van der Waals surface area contributed by atoms with Crippen LogP contribution in [0.1, 0.15) is 19.8 Å². The van der Waals surface area contributed by atoms with Crippen molar-refractivity contribution in [2.45, 2.75) is 31.8 Å². The zero-order valence-electron chi connectivity index (χ0n) is 8.41. The van der Waals surface area contributed by atoms with Gasteiger partial charge in [0, 0.05) is 25.2 Å². The lowest BCUT2D eigenvalue weighted by atomic mass is 10.0. The maximum Gasteiger partial charge on any atom is 0.0622 e. The van der Waals surface area contributed by atoms with Crippen molar-refractivity contribution < 1.29 is 4.74 Å². The van der Waals surface area contributed by atoms with E-state index in [0.717, 1.165) is 13.2 Å². The first kappa shape index (κ1) is 9.44. The van der Waals surface area contributed by atoms with Crippen LogP contribution in [0.3, 0.4) is 0 Å². The Morgan fingerprint density at radius 1 is 1.46 bits per heavy atom. The second-order valence-electron chi connectivity index (χ2n) is 4.42. The van der Waals surface area contributed by atoms with E-state index in [-0.39, 0.29) is 0 Å². The molecule has 0 bridgehead atoms. The van der Waals surface area contributed by atoms with Crippen LogP contribution in [-0.2, 0) is 4.74 Å². The van der Waals surface area contributed by atoms with E-state index in [1.165, 1.54) is 25.9 Å². The monoisotopic (exact) mass is 184 g/mol. The maximum absolute atomic E-state index is 5.90. The molecule has 0 saturated carbocycles. The Hall–Kier alpha value is -0.120. The van der Waals surface area contributed by atoms with Crippen LogP contribution in [0.2, 0.25) is 0 Å². The Morgan fingerprint density at radius 2 is 2.31 bits per heavy atom. The van der Waals surface area contributed by atoms with Crippen molar-refractivity contribution in [2.75, 3.05) is 26.3 Å². The summed E-state index contributed by atoms with van der Waals surface area (Å²) in [7, 11) is 0. The van der Waals surface area contributed by atoms with E-state index < -0.39 is 0 Å². The summed E-state index contributed by atoms with van der Waals surface area (Å²) >= 11 is 0. The van der Waals surface area contributed by atoms with Crippen LogP contribution >= 0.6 is 0 Å². The Labute approximate surface area is 80.2 Å². The molecule has 0 amide bonds. The van der Waals surface area contributed by atoms with Gasteiger partial charge >= 0.3 is 0 Å². The third kappa shape index (κ3) is 2.03. The molecule has 0 aliphatic carbocycles. The van der Waals surface area contributed by atoms with Crippen molar-refractivity contribution >= 4 is 0 Å². The van der Waals surface area contributed by atoms with Crippen molar-refractivity contribution in [3.63, 3.8) is 0 Å². The van der Waals surface area contributed by atoms with Crippen LogP contribution in [0.15, 0.2) is 0 Å². The highest BCUT2D eigenvalue weighted by atomic mass is 16.5. The van der Waals surface area contributed by atoms with Crippen LogP contribution < -0.4 is 5.73 Å². The van der Waals surface area contributed by atoms with Crippen LogP contribution in [0.5, 0.6) is 0 Å². The summed E-state index contributed by atoms with van der Waals surface area (Å²) in [6.07, 6.45) is 2.49. The van der Waals surface area contributed by atoms with E-state index in [9.17, 15) is 0 Å². The van der Waals surface area contributed by atoms with E-state index in [4.69, 9.17) is 10.5 Å². The average molecular weight is 184 g/mol. The van der Waals surface area contributed by atoms with Gasteiger partial charge in [0.05, 0.1) is 6.61 Å². The first-order valence-corrected chi connectivity index (χ1v) is 5.35. The SMILES string of the molecule is CC(N)C1CCN(C2CCOC2)C1. The highest BCUT2D eigenvalue weighted by molar-refractivity contribution is 4.86. The van der Waals surface area contributed by atoms with Gasteiger partial charge in [-0.2, -0.15) is 0 Å². The van der Waals surface area contributed by atoms with Gasteiger partial charge in [-0.05, 0) is 32.2 Å². The molecule has 2 saturated heterocycles. The fourth-order valence-corrected chi connectivity index (χ4v) is 2.39. The normalized spacial score (nSPS) is 38.3. The molecule has 3 nitrogen and oxygen atoms in total. The van der Waals surface area contributed by atoms with Gasteiger partial charge in [-0.15, -0.1) is 0 Å². The molecule has 2 heterocycles. The summed E-state index contributed by atoms with van der Waals surface area (Å²) in [5.74, 6) is 0.709. The lowest BCUT2D eigenvalue weighted by Crippen LogP contribution is -2.36. The molecule has 2 fully saturated rings. The molecule has 0 aromatic carbocycles.